The summed E-state index contributed by atoms with van der Waals surface area (Å²) >= 11 is 0. The van der Waals surface area contributed by atoms with Gasteiger partial charge in [-0.05, 0) is 19.8 Å². The monoisotopic (exact) mass is 230 g/mol. The fourth-order valence-corrected chi connectivity index (χ4v) is 1.47. The van der Waals surface area contributed by atoms with Crippen LogP contribution in [0.4, 0.5) is 4.79 Å². The normalized spacial score (nSPS) is 13.9. The number of hydrogen-bond donors (Lipinski definition) is 3. The number of nitrogens with one attached hydrogen (secondary N) is 2. The summed E-state index contributed by atoms with van der Waals surface area (Å²) in [4.78, 5) is 22.2. The van der Waals surface area contributed by atoms with Crippen molar-refractivity contribution < 1.29 is 14.7 Å². The van der Waals surface area contributed by atoms with E-state index in [-0.39, 0.29) is 6.04 Å². The Kier molecular flexibility index (Phi) is 7.33. The van der Waals surface area contributed by atoms with Crippen molar-refractivity contribution in [2.24, 2.45) is 0 Å². The SMILES string of the molecule is CCCC(C)NC(=O)NC(CCC)C(=O)O. The third-order valence-electron chi connectivity index (χ3n) is 2.28. The summed E-state index contributed by atoms with van der Waals surface area (Å²) in [6.45, 7) is 5.82. The van der Waals surface area contributed by atoms with Crippen molar-refractivity contribution in [3.63, 3.8) is 0 Å². The fraction of sp³-hybridized carbons (Fsp3) is 0.818. The summed E-state index contributed by atoms with van der Waals surface area (Å²) in [6.07, 6.45) is 3.05. The molecule has 0 aromatic rings. The van der Waals surface area contributed by atoms with Gasteiger partial charge in [-0.25, -0.2) is 9.59 Å². The highest BCUT2D eigenvalue weighted by atomic mass is 16.4. The molecule has 2 amide bonds. The highest BCUT2D eigenvalue weighted by Crippen LogP contribution is 1.98. The van der Waals surface area contributed by atoms with E-state index in [1.165, 1.54) is 0 Å². The van der Waals surface area contributed by atoms with Crippen LogP contribution in [0, 0.1) is 0 Å². The van der Waals surface area contributed by atoms with E-state index in [0.717, 1.165) is 19.3 Å². The second-order valence-electron chi connectivity index (χ2n) is 3.99. The molecule has 0 aromatic carbocycles. The Morgan fingerprint density at radius 2 is 1.69 bits per heavy atom. The van der Waals surface area contributed by atoms with Gasteiger partial charge in [0.25, 0.3) is 0 Å². The molecule has 16 heavy (non-hydrogen) atoms. The molecular formula is C11H22N2O3. The Labute approximate surface area is 96.6 Å². The molecule has 5 heteroatoms. The second-order valence-corrected chi connectivity index (χ2v) is 3.99. The van der Waals surface area contributed by atoms with E-state index in [1.54, 1.807) is 0 Å². The molecule has 0 bridgehead atoms. The predicted octanol–water partition coefficient (Wildman–Crippen LogP) is 1.73. The van der Waals surface area contributed by atoms with Crippen LogP contribution in [0.25, 0.3) is 0 Å². The molecule has 0 aliphatic carbocycles. The topological polar surface area (TPSA) is 78.4 Å². The molecule has 0 fully saturated rings. The number of rotatable bonds is 7. The highest BCUT2D eigenvalue weighted by Gasteiger charge is 2.19. The van der Waals surface area contributed by atoms with E-state index in [9.17, 15) is 9.59 Å². The van der Waals surface area contributed by atoms with Crippen molar-refractivity contribution in [3.05, 3.63) is 0 Å². The zero-order chi connectivity index (χ0) is 12.6. The van der Waals surface area contributed by atoms with Crippen molar-refractivity contribution in [2.75, 3.05) is 0 Å². The molecule has 2 unspecified atom stereocenters. The third-order valence-corrected chi connectivity index (χ3v) is 2.28. The maximum absolute atomic E-state index is 11.4. The van der Waals surface area contributed by atoms with Crippen molar-refractivity contribution in [2.45, 2.75) is 58.5 Å². The summed E-state index contributed by atoms with van der Waals surface area (Å²) in [5, 5.41) is 14.0. The van der Waals surface area contributed by atoms with Gasteiger partial charge >= 0.3 is 12.0 Å². The number of carbonyl (C=O) groups is 2. The zero-order valence-electron chi connectivity index (χ0n) is 10.2. The minimum Gasteiger partial charge on any atom is -0.480 e. The largest absolute Gasteiger partial charge is 0.480 e. The molecular weight excluding hydrogens is 208 g/mol. The van der Waals surface area contributed by atoms with Crippen molar-refractivity contribution in [1.29, 1.82) is 0 Å². The van der Waals surface area contributed by atoms with Crippen LogP contribution in [0.5, 0.6) is 0 Å². The van der Waals surface area contributed by atoms with Crippen LogP contribution in [0.2, 0.25) is 0 Å². The van der Waals surface area contributed by atoms with Crippen LogP contribution in [0.1, 0.15) is 46.5 Å². The molecule has 0 radical (unpaired) electrons. The highest BCUT2D eigenvalue weighted by molar-refractivity contribution is 5.82. The molecule has 0 saturated heterocycles. The first-order valence-corrected chi connectivity index (χ1v) is 5.81. The summed E-state index contributed by atoms with van der Waals surface area (Å²) < 4.78 is 0. The minimum atomic E-state index is -0.986. The van der Waals surface area contributed by atoms with Crippen LogP contribution in [0.3, 0.4) is 0 Å². The van der Waals surface area contributed by atoms with Gasteiger partial charge in [-0.15, -0.1) is 0 Å². The lowest BCUT2D eigenvalue weighted by Gasteiger charge is -2.17. The number of carboxylic acids is 1. The van der Waals surface area contributed by atoms with E-state index >= 15 is 0 Å². The standard InChI is InChI=1S/C11H22N2O3/c1-4-6-8(3)12-11(16)13-9(7-5-2)10(14)15/h8-9H,4-7H2,1-3H3,(H,14,15)(H2,12,13,16). The molecule has 2 atom stereocenters. The van der Waals surface area contributed by atoms with Gasteiger partial charge in [0, 0.05) is 6.04 Å². The van der Waals surface area contributed by atoms with Gasteiger partial charge in [-0.1, -0.05) is 26.7 Å². The lowest BCUT2D eigenvalue weighted by molar-refractivity contribution is -0.139. The number of hydrogen-bond acceptors (Lipinski definition) is 2. The van der Waals surface area contributed by atoms with Gasteiger partial charge in [-0.2, -0.15) is 0 Å². The van der Waals surface area contributed by atoms with Crippen LogP contribution in [-0.4, -0.2) is 29.2 Å². The molecule has 0 aliphatic rings. The number of urea groups is 1. The third kappa shape index (κ3) is 6.27. The average molecular weight is 230 g/mol. The van der Waals surface area contributed by atoms with E-state index in [0.29, 0.717) is 6.42 Å². The van der Waals surface area contributed by atoms with Gasteiger partial charge in [0.2, 0.25) is 0 Å². The molecule has 5 nitrogen and oxygen atoms in total. The van der Waals surface area contributed by atoms with Crippen molar-refractivity contribution in [3.8, 4) is 0 Å². The molecule has 0 aliphatic heterocycles. The Morgan fingerprint density at radius 3 is 2.12 bits per heavy atom. The summed E-state index contributed by atoms with van der Waals surface area (Å²) in [5.74, 6) is -0.986. The van der Waals surface area contributed by atoms with Gasteiger partial charge in [0.1, 0.15) is 6.04 Å². The number of carboxylic acid groups (broad SMARTS) is 1. The number of amides is 2. The van der Waals surface area contributed by atoms with Crippen molar-refractivity contribution >= 4 is 12.0 Å². The first-order valence-electron chi connectivity index (χ1n) is 5.81. The average Bonchev–Trinajstić information content (AvgIpc) is 2.16. The molecule has 0 heterocycles. The molecule has 0 saturated carbocycles. The van der Waals surface area contributed by atoms with E-state index < -0.39 is 18.0 Å². The van der Waals surface area contributed by atoms with Crippen LogP contribution in [0.15, 0.2) is 0 Å². The smallest absolute Gasteiger partial charge is 0.326 e. The first-order chi connectivity index (χ1) is 7.51. The maximum Gasteiger partial charge on any atom is 0.326 e. The zero-order valence-corrected chi connectivity index (χ0v) is 10.2. The lowest BCUT2D eigenvalue weighted by atomic mass is 10.1. The van der Waals surface area contributed by atoms with E-state index in [2.05, 4.69) is 10.6 Å². The van der Waals surface area contributed by atoms with Crippen molar-refractivity contribution in [1.82, 2.24) is 10.6 Å². The van der Waals surface area contributed by atoms with E-state index in [1.807, 2.05) is 20.8 Å². The summed E-state index contributed by atoms with van der Waals surface area (Å²) in [6, 6.07) is -1.12. The van der Waals surface area contributed by atoms with Gasteiger partial charge in [-0.3, -0.25) is 0 Å². The molecule has 0 spiro atoms. The van der Waals surface area contributed by atoms with E-state index in [4.69, 9.17) is 5.11 Å². The summed E-state index contributed by atoms with van der Waals surface area (Å²) in [5.41, 5.74) is 0. The van der Waals surface area contributed by atoms with Crippen LogP contribution in [-0.2, 0) is 4.79 Å². The van der Waals surface area contributed by atoms with Gasteiger partial charge in [0.05, 0.1) is 0 Å². The molecule has 0 rings (SSSR count). The summed E-state index contributed by atoms with van der Waals surface area (Å²) in [7, 11) is 0. The Balaban J connectivity index is 4.04. The number of aliphatic carboxylic acids is 1. The molecule has 0 aromatic heterocycles. The molecule has 3 N–H and O–H groups in total. The minimum absolute atomic E-state index is 0.0704. The quantitative estimate of drug-likeness (QED) is 0.623. The Bertz CT molecular complexity index is 231. The lowest BCUT2D eigenvalue weighted by Crippen LogP contribution is -2.48. The van der Waals surface area contributed by atoms with Crippen LogP contribution < -0.4 is 10.6 Å². The fourth-order valence-electron chi connectivity index (χ4n) is 1.47. The second kappa shape index (κ2) is 7.96. The molecule has 94 valence electrons. The Hall–Kier alpha value is -1.26. The van der Waals surface area contributed by atoms with Gasteiger partial charge < -0.3 is 15.7 Å². The predicted molar refractivity (Wildman–Crippen MR) is 62.4 cm³/mol. The van der Waals surface area contributed by atoms with Gasteiger partial charge in [0.15, 0.2) is 0 Å². The van der Waals surface area contributed by atoms with Crippen LogP contribution >= 0.6 is 0 Å². The number of carbonyl (C=O) groups excluding carboxylic acids is 1. The Morgan fingerprint density at radius 1 is 1.12 bits per heavy atom. The maximum atomic E-state index is 11.4. The first kappa shape index (κ1) is 14.7.